The molecule has 1 aliphatic rings. The van der Waals surface area contributed by atoms with Crippen LogP contribution in [0.3, 0.4) is 0 Å². The number of hydrogen-bond acceptors (Lipinski definition) is 2. The second-order valence-corrected chi connectivity index (χ2v) is 4.17. The van der Waals surface area contributed by atoms with Gasteiger partial charge in [-0.25, -0.2) is 0 Å². The van der Waals surface area contributed by atoms with E-state index in [0.29, 0.717) is 0 Å². The maximum Gasteiger partial charge on any atom is 0.141 e. The van der Waals surface area contributed by atoms with Gasteiger partial charge in [-0.3, -0.25) is 0 Å². The summed E-state index contributed by atoms with van der Waals surface area (Å²) in [4.78, 5) is 2.25. The Hall–Kier alpha value is -1.41. The Balaban J connectivity index is 2.41. The third-order valence-electron chi connectivity index (χ3n) is 2.04. The molecule has 0 saturated heterocycles. The first kappa shape index (κ1) is 10.1. The SMILES string of the molecule is C=CC1=C(/C=C\C)Sc2ccccc2O1. The van der Waals surface area contributed by atoms with Gasteiger partial charge in [-0.2, -0.15) is 0 Å². The molecule has 0 aliphatic carbocycles. The van der Waals surface area contributed by atoms with Crippen LogP contribution in [0.15, 0.2) is 64.6 Å². The normalized spacial score (nSPS) is 15.0. The highest BCUT2D eigenvalue weighted by molar-refractivity contribution is 8.03. The van der Waals surface area contributed by atoms with Crippen LogP contribution >= 0.6 is 11.8 Å². The molecular weight excluding hydrogens is 204 g/mol. The highest BCUT2D eigenvalue weighted by Crippen LogP contribution is 2.41. The molecule has 0 radical (unpaired) electrons. The summed E-state index contributed by atoms with van der Waals surface area (Å²) in [7, 11) is 0. The van der Waals surface area contributed by atoms with E-state index in [1.54, 1.807) is 17.8 Å². The molecular formula is C13H12OS. The topological polar surface area (TPSA) is 9.23 Å². The summed E-state index contributed by atoms with van der Waals surface area (Å²) in [5.41, 5.74) is 0. The maximum atomic E-state index is 5.74. The van der Waals surface area contributed by atoms with Gasteiger partial charge in [-0.15, -0.1) is 0 Å². The van der Waals surface area contributed by atoms with Crippen LogP contribution in [0.5, 0.6) is 5.75 Å². The van der Waals surface area contributed by atoms with Gasteiger partial charge >= 0.3 is 0 Å². The molecule has 0 spiro atoms. The minimum absolute atomic E-state index is 0.830. The monoisotopic (exact) mass is 216 g/mol. The highest BCUT2D eigenvalue weighted by Gasteiger charge is 2.16. The summed E-state index contributed by atoms with van der Waals surface area (Å²) in [6.45, 7) is 5.75. The molecule has 0 atom stereocenters. The smallest absolute Gasteiger partial charge is 0.141 e. The second-order valence-electron chi connectivity index (χ2n) is 3.08. The predicted molar refractivity (Wildman–Crippen MR) is 65.0 cm³/mol. The average Bonchev–Trinajstić information content (AvgIpc) is 2.28. The summed E-state index contributed by atoms with van der Waals surface area (Å²) >= 11 is 1.71. The van der Waals surface area contributed by atoms with E-state index in [1.165, 1.54) is 0 Å². The van der Waals surface area contributed by atoms with Gasteiger partial charge in [0.1, 0.15) is 11.5 Å². The van der Waals surface area contributed by atoms with Crippen molar-refractivity contribution in [1.29, 1.82) is 0 Å². The van der Waals surface area contributed by atoms with E-state index in [-0.39, 0.29) is 0 Å². The maximum absolute atomic E-state index is 5.74. The largest absolute Gasteiger partial charge is 0.455 e. The zero-order chi connectivity index (χ0) is 10.7. The molecule has 0 saturated carbocycles. The molecule has 0 N–H and O–H groups in total. The Morgan fingerprint density at radius 2 is 2.13 bits per heavy atom. The Morgan fingerprint density at radius 1 is 1.33 bits per heavy atom. The molecule has 1 nitrogen and oxygen atoms in total. The number of ether oxygens (including phenoxy) is 1. The van der Waals surface area contributed by atoms with Crippen molar-refractivity contribution < 1.29 is 4.74 Å². The molecule has 0 unspecified atom stereocenters. The molecule has 76 valence electrons. The lowest BCUT2D eigenvalue weighted by molar-refractivity contribution is 0.430. The van der Waals surface area contributed by atoms with Crippen molar-refractivity contribution in [1.82, 2.24) is 0 Å². The van der Waals surface area contributed by atoms with Gasteiger partial charge in [0.05, 0.1) is 9.80 Å². The minimum Gasteiger partial charge on any atom is -0.455 e. The van der Waals surface area contributed by atoms with Crippen molar-refractivity contribution in [3.05, 3.63) is 59.7 Å². The summed E-state index contributed by atoms with van der Waals surface area (Å²) < 4.78 is 5.74. The van der Waals surface area contributed by atoms with Crippen LogP contribution in [0, 0.1) is 0 Å². The van der Waals surface area contributed by atoms with Crippen LogP contribution in [0.2, 0.25) is 0 Å². The number of thioether (sulfide) groups is 1. The van der Waals surface area contributed by atoms with Crippen molar-refractivity contribution in [2.24, 2.45) is 0 Å². The van der Waals surface area contributed by atoms with Crippen molar-refractivity contribution in [2.45, 2.75) is 11.8 Å². The third kappa shape index (κ3) is 2.00. The fraction of sp³-hybridized carbons (Fsp3) is 0.0769. The van der Waals surface area contributed by atoms with Crippen molar-refractivity contribution in [2.75, 3.05) is 0 Å². The van der Waals surface area contributed by atoms with Crippen LogP contribution in [0.4, 0.5) is 0 Å². The Morgan fingerprint density at radius 3 is 2.87 bits per heavy atom. The van der Waals surface area contributed by atoms with Gasteiger partial charge in [0.15, 0.2) is 0 Å². The van der Waals surface area contributed by atoms with Crippen molar-refractivity contribution in [3.63, 3.8) is 0 Å². The number of benzene rings is 1. The number of rotatable bonds is 2. The van der Waals surface area contributed by atoms with Gasteiger partial charge < -0.3 is 4.74 Å². The molecule has 1 aromatic rings. The van der Waals surface area contributed by atoms with E-state index in [0.717, 1.165) is 21.3 Å². The summed E-state index contributed by atoms with van der Waals surface area (Å²) in [5.74, 6) is 1.74. The van der Waals surface area contributed by atoms with Crippen LogP contribution < -0.4 is 4.74 Å². The van der Waals surface area contributed by atoms with Gasteiger partial charge in [-0.05, 0) is 31.2 Å². The lowest BCUT2D eigenvalue weighted by Crippen LogP contribution is -2.00. The van der Waals surface area contributed by atoms with E-state index >= 15 is 0 Å². The second kappa shape index (κ2) is 4.41. The Kier molecular flexibility index (Phi) is 2.97. The molecule has 1 aromatic carbocycles. The lowest BCUT2D eigenvalue weighted by Gasteiger charge is -2.19. The Labute approximate surface area is 94.1 Å². The molecule has 0 fully saturated rings. The molecule has 1 aliphatic heterocycles. The lowest BCUT2D eigenvalue weighted by atomic mass is 10.3. The quantitative estimate of drug-likeness (QED) is 0.734. The predicted octanol–water partition coefficient (Wildman–Crippen LogP) is 4.14. The molecule has 0 aromatic heterocycles. The first-order chi connectivity index (χ1) is 7.35. The number of para-hydroxylation sites is 1. The first-order valence-electron chi connectivity index (χ1n) is 4.79. The number of allylic oxidation sites excluding steroid dienone is 3. The van der Waals surface area contributed by atoms with Crippen LogP contribution in [-0.4, -0.2) is 0 Å². The zero-order valence-corrected chi connectivity index (χ0v) is 9.38. The molecule has 0 bridgehead atoms. The summed E-state index contributed by atoms with van der Waals surface area (Å²) in [6.07, 6.45) is 5.79. The van der Waals surface area contributed by atoms with E-state index < -0.39 is 0 Å². The van der Waals surface area contributed by atoms with Gasteiger partial charge in [0.25, 0.3) is 0 Å². The minimum atomic E-state index is 0.830. The number of fused-ring (bicyclic) bond motifs is 1. The standard InChI is InChI=1S/C13H12OS/c1-3-7-12-10(4-2)14-11-8-5-6-9-13(11)15-12/h3-9H,2H2,1H3/b7-3-. The molecule has 0 amide bonds. The number of hydrogen-bond donors (Lipinski definition) is 0. The van der Waals surface area contributed by atoms with E-state index in [9.17, 15) is 0 Å². The van der Waals surface area contributed by atoms with E-state index in [4.69, 9.17) is 4.74 Å². The molecule has 1 heterocycles. The van der Waals surface area contributed by atoms with Gasteiger partial charge in [0.2, 0.25) is 0 Å². The fourth-order valence-electron chi connectivity index (χ4n) is 1.37. The first-order valence-corrected chi connectivity index (χ1v) is 5.61. The van der Waals surface area contributed by atoms with E-state index in [2.05, 4.69) is 12.6 Å². The van der Waals surface area contributed by atoms with Crippen LogP contribution in [-0.2, 0) is 0 Å². The van der Waals surface area contributed by atoms with E-state index in [1.807, 2.05) is 37.3 Å². The summed E-state index contributed by atoms with van der Waals surface area (Å²) in [6, 6.07) is 8.02. The fourth-order valence-corrected chi connectivity index (χ4v) is 2.39. The Bertz CT molecular complexity index is 444. The van der Waals surface area contributed by atoms with Crippen molar-refractivity contribution >= 4 is 11.8 Å². The molecule has 15 heavy (non-hydrogen) atoms. The molecule has 2 rings (SSSR count). The third-order valence-corrected chi connectivity index (χ3v) is 3.15. The van der Waals surface area contributed by atoms with Crippen LogP contribution in [0.25, 0.3) is 0 Å². The van der Waals surface area contributed by atoms with Gasteiger partial charge in [-0.1, -0.05) is 36.5 Å². The summed E-state index contributed by atoms with van der Waals surface area (Å²) in [5, 5.41) is 0. The molecule has 2 heteroatoms. The average molecular weight is 216 g/mol. The van der Waals surface area contributed by atoms with Crippen molar-refractivity contribution in [3.8, 4) is 5.75 Å². The zero-order valence-electron chi connectivity index (χ0n) is 8.57. The van der Waals surface area contributed by atoms with Gasteiger partial charge in [0, 0.05) is 0 Å². The highest BCUT2D eigenvalue weighted by atomic mass is 32.2. The van der Waals surface area contributed by atoms with Crippen LogP contribution in [0.1, 0.15) is 6.92 Å².